The van der Waals surface area contributed by atoms with Crippen molar-refractivity contribution in [1.82, 2.24) is 0 Å². The van der Waals surface area contributed by atoms with Crippen molar-refractivity contribution in [2.45, 2.75) is 84.5 Å². The van der Waals surface area contributed by atoms with Crippen LogP contribution in [0.5, 0.6) is 0 Å². The minimum atomic E-state index is 1.16. The molecule has 0 rings (SSSR count). The van der Waals surface area contributed by atoms with Crippen LogP contribution >= 0.6 is 0 Å². The van der Waals surface area contributed by atoms with E-state index in [1.54, 1.807) is 0 Å². The van der Waals surface area contributed by atoms with Gasteiger partial charge >= 0.3 is 97.4 Å². The summed E-state index contributed by atoms with van der Waals surface area (Å²) in [5.41, 5.74) is 1.43. The molecule has 0 aromatic carbocycles. The van der Waals surface area contributed by atoms with Gasteiger partial charge in [-0.05, 0) is 0 Å². The van der Waals surface area contributed by atoms with Crippen LogP contribution < -0.4 is 0 Å². The second-order valence-electron chi connectivity index (χ2n) is 4.68. The first-order chi connectivity index (χ1) is 7.31. The average molecular weight is 208 g/mol. The molecule has 0 nitrogen and oxygen atoms in total. The van der Waals surface area contributed by atoms with Crippen LogP contribution in [0.15, 0.2) is 0 Å². The van der Waals surface area contributed by atoms with Gasteiger partial charge in [0.05, 0.1) is 0 Å². The van der Waals surface area contributed by atoms with Crippen molar-refractivity contribution in [2.75, 3.05) is 0 Å². The van der Waals surface area contributed by atoms with Crippen molar-refractivity contribution in [3.63, 3.8) is 0 Å². The molecule has 0 heterocycles. The molecule has 0 atom stereocenters. The van der Waals surface area contributed by atoms with Crippen LogP contribution in [0.1, 0.15) is 84.5 Å². The normalized spacial score (nSPS) is 10.5. The van der Waals surface area contributed by atoms with Gasteiger partial charge in [0.2, 0.25) is 0 Å². The van der Waals surface area contributed by atoms with E-state index in [0.29, 0.717) is 0 Å². The van der Waals surface area contributed by atoms with Gasteiger partial charge in [-0.3, -0.25) is 0 Å². The van der Waals surface area contributed by atoms with E-state index in [1.807, 2.05) is 0 Å². The number of unbranched alkanes of at least 4 members (excludes halogenated alkanes) is 8. The third-order valence-electron chi connectivity index (χ3n) is 3.13. The zero-order valence-electron chi connectivity index (χ0n) is 11.0. The topological polar surface area (TPSA) is 0 Å². The standard InChI is InChI=1S/C14H29B/c1-3-5-6-7-8-9-10-11-12-13-14(15)4-2/h15H,3-13H2,1-2H3. The van der Waals surface area contributed by atoms with E-state index in [-0.39, 0.29) is 0 Å². The Labute approximate surface area is 97.9 Å². The van der Waals surface area contributed by atoms with Gasteiger partial charge in [-0.25, -0.2) is 0 Å². The molecule has 15 heavy (non-hydrogen) atoms. The van der Waals surface area contributed by atoms with Crippen molar-refractivity contribution < 1.29 is 0 Å². The molecule has 0 amide bonds. The van der Waals surface area contributed by atoms with E-state index < -0.39 is 0 Å². The quantitative estimate of drug-likeness (QED) is 0.349. The zero-order chi connectivity index (χ0) is 11.4. The fourth-order valence-corrected chi connectivity index (χ4v) is 1.86. The number of hydrogen-bond acceptors (Lipinski definition) is 0. The van der Waals surface area contributed by atoms with Crippen LogP contribution in [-0.2, 0) is 0 Å². The Morgan fingerprint density at radius 1 is 0.733 bits per heavy atom. The van der Waals surface area contributed by atoms with Crippen molar-refractivity contribution in [1.29, 1.82) is 0 Å². The molecule has 0 aromatic rings. The van der Waals surface area contributed by atoms with Crippen molar-refractivity contribution >= 4 is 13.0 Å². The Morgan fingerprint density at radius 2 is 1.20 bits per heavy atom. The van der Waals surface area contributed by atoms with Crippen LogP contribution in [0.4, 0.5) is 0 Å². The summed E-state index contributed by atoms with van der Waals surface area (Å²) in [5, 5.41) is 0. The molecule has 0 fully saturated rings. The van der Waals surface area contributed by atoms with E-state index >= 15 is 0 Å². The van der Waals surface area contributed by atoms with Crippen LogP contribution in [0.2, 0.25) is 0 Å². The molecule has 0 N–H and O–H groups in total. The predicted octanol–water partition coefficient (Wildman–Crippen LogP) is 4.39. The Kier molecular flexibility index (Phi) is 12.0. The molecular weight excluding hydrogens is 179 g/mol. The molecule has 88 valence electrons. The van der Waals surface area contributed by atoms with Gasteiger partial charge in [0.25, 0.3) is 0 Å². The molecule has 1 heteroatoms. The fourth-order valence-electron chi connectivity index (χ4n) is 1.86. The molecule has 0 aliphatic carbocycles. The average Bonchev–Trinajstić information content (AvgIpc) is 2.26. The molecular formula is C14H29B. The maximum absolute atomic E-state index is 4.04. The zero-order valence-corrected chi connectivity index (χ0v) is 11.0. The van der Waals surface area contributed by atoms with Crippen molar-refractivity contribution in [3.05, 3.63) is 0 Å². The summed E-state index contributed by atoms with van der Waals surface area (Å²) in [7, 11) is 4.04. The van der Waals surface area contributed by atoms with E-state index in [9.17, 15) is 0 Å². The van der Waals surface area contributed by atoms with E-state index in [2.05, 4.69) is 21.3 Å². The number of rotatable bonds is 11. The summed E-state index contributed by atoms with van der Waals surface area (Å²) < 4.78 is 0. The fraction of sp³-hybridized carbons (Fsp3) is 0.929. The Hall–Kier alpha value is -0.0651. The first-order valence-electron chi connectivity index (χ1n) is 6.97. The van der Waals surface area contributed by atoms with Gasteiger partial charge in [-0.1, -0.05) is 0 Å². The number of hydrogen-bond donors (Lipinski definition) is 0. The third-order valence-corrected chi connectivity index (χ3v) is 3.13. The van der Waals surface area contributed by atoms with Crippen molar-refractivity contribution in [2.24, 2.45) is 0 Å². The predicted molar refractivity (Wildman–Crippen MR) is 74.3 cm³/mol. The van der Waals surface area contributed by atoms with Crippen LogP contribution in [0, 0.1) is 0 Å². The van der Waals surface area contributed by atoms with Gasteiger partial charge in [-0.2, -0.15) is 0 Å². The van der Waals surface area contributed by atoms with Gasteiger partial charge in [0.15, 0.2) is 0 Å². The van der Waals surface area contributed by atoms with Gasteiger partial charge < -0.3 is 0 Å². The van der Waals surface area contributed by atoms with Crippen LogP contribution in [-0.4, -0.2) is 13.0 Å². The van der Waals surface area contributed by atoms with E-state index in [4.69, 9.17) is 0 Å². The second-order valence-corrected chi connectivity index (χ2v) is 4.68. The summed E-state index contributed by atoms with van der Waals surface area (Å²) >= 11 is 0. The molecule has 0 bridgehead atoms. The Bertz CT molecular complexity index is 140. The molecule has 0 aromatic heterocycles. The molecule has 0 unspecified atom stereocenters. The van der Waals surface area contributed by atoms with Gasteiger partial charge in [0.1, 0.15) is 0 Å². The monoisotopic (exact) mass is 208 g/mol. The maximum atomic E-state index is 4.04. The SMILES string of the molecule is B=C(CC)CCCCCCCCCCC. The summed E-state index contributed by atoms with van der Waals surface area (Å²) in [4.78, 5) is 0. The van der Waals surface area contributed by atoms with Crippen LogP contribution in [0.3, 0.4) is 0 Å². The first-order valence-corrected chi connectivity index (χ1v) is 6.97. The summed E-state index contributed by atoms with van der Waals surface area (Å²) in [6, 6.07) is 0. The summed E-state index contributed by atoms with van der Waals surface area (Å²) in [6.07, 6.45) is 15.2. The van der Waals surface area contributed by atoms with Gasteiger partial charge in [0, 0.05) is 0 Å². The minimum absolute atomic E-state index is 1.16. The molecule has 0 spiro atoms. The third kappa shape index (κ3) is 11.9. The summed E-state index contributed by atoms with van der Waals surface area (Å²) in [6.45, 7) is 4.48. The van der Waals surface area contributed by atoms with Gasteiger partial charge in [-0.15, -0.1) is 0 Å². The van der Waals surface area contributed by atoms with Crippen LogP contribution in [0.25, 0.3) is 0 Å². The Morgan fingerprint density at radius 3 is 1.67 bits per heavy atom. The molecule has 0 saturated carbocycles. The molecule has 0 aliphatic heterocycles. The summed E-state index contributed by atoms with van der Waals surface area (Å²) in [5.74, 6) is 0. The first kappa shape index (κ1) is 14.9. The molecule has 0 aliphatic rings. The van der Waals surface area contributed by atoms with E-state index in [1.165, 1.54) is 69.7 Å². The molecule has 0 saturated heterocycles. The Balaban J connectivity index is 2.95. The molecule has 0 radical (unpaired) electrons. The second kappa shape index (κ2) is 12.0. The van der Waals surface area contributed by atoms with E-state index in [0.717, 1.165) is 6.42 Å². The van der Waals surface area contributed by atoms with Crippen molar-refractivity contribution in [3.8, 4) is 0 Å².